The van der Waals surface area contributed by atoms with Crippen molar-refractivity contribution < 1.29 is 4.79 Å². The monoisotopic (exact) mass is 209 g/mol. The summed E-state index contributed by atoms with van der Waals surface area (Å²) in [5.41, 5.74) is 11.8. The van der Waals surface area contributed by atoms with Crippen LogP contribution >= 0.6 is 0 Å². The summed E-state index contributed by atoms with van der Waals surface area (Å²) in [6.07, 6.45) is 5.81. The van der Waals surface area contributed by atoms with Crippen LogP contribution in [0.3, 0.4) is 0 Å². The lowest BCUT2D eigenvalue weighted by atomic mass is 9.49. The summed E-state index contributed by atoms with van der Waals surface area (Å²) in [7, 11) is 0. The molecule has 1 heterocycles. The van der Waals surface area contributed by atoms with Gasteiger partial charge < -0.3 is 11.5 Å². The van der Waals surface area contributed by atoms with Crippen LogP contribution in [0.5, 0.6) is 0 Å². The molecule has 2 aliphatic carbocycles. The van der Waals surface area contributed by atoms with Crippen molar-refractivity contribution in [1.29, 1.82) is 0 Å². The number of carbonyl (C=O) groups is 1. The van der Waals surface area contributed by atoms with Crippen LogP contribution in [0, 0.1) is 5.41 Å². The number of likely N-dealkylation sites (tertiary alicyclic amines) is 1. The fourth-order valence-electron chi connectivity index (χ4n) is 3.64. The first-order chi connectivity index (χ1) is 7.15. The van der Waals surface area contributed by atoms with Crippen LogP contribution < -0.4 is 11.5 Å². The molecule has 1 amide bonds. The number of rotatable bonds is 2. The quantitative estimate of drug-likeness (QED) is 0.662. The Morgan fingerprint density at radius 1 is 1.40 bits per heavy atom. The highest BCUT2D eigenvalue weighted by Gasteiger charge is 2.60. The van der Waals surface area contributed by atoms with Crippen molar-refractivity contribution in [3.63, 3.8) is 0 Å². The van der Waals surface area contributed by atoms with Crippen molar-refractivity contribution in [2.24, 2.45) is 16.9 Å². The predicted octanol–water partition coefficient (Wildman–Crippen LogP) is -0.184. The van der Waals surface area contributed by atoms with E-state index in [4.69, 9.17) is 11.5 Å². The Morgan fingerprint density at radius 2 is 2.13 bits per heavy atom. The van der Waals surface area contributed by atoms with Crippen molar-refractivity contribution >= 4 is 5.91 Å². The maximum atomic E-state index is 11.2. The van der Waals surface area contributed by atoms with E-state index in [1.54, 1.807) is 0 Å². The van der Waals surface area contributed by atoms with Gasteiger partial charge in [-0.3, -0.25) is 9.69 Å². The Morgan fingerprint density at radius 3 is 2.47 bits per heavy atom. The minimum Gasteiger partial charge on any atom is -0.368 e. The fraction of sp³-hybridized carbons (Fsp3) is 0.909. The van der Waals surface area contributed by atoms with Gasteiger partial charge in [-0.05, 0) is 25.7 Å². The van der Waals surface area contributed by atoms with Gasteiger partial charge in [0.05, 0.1) is 6.04 Å². The average Bonchev–Trinajstić information content (AvgIpc) is 1.96. The standard InChI is InChI=1S/C11H19N3O/c12-8-6-9(11(8)3-1-4-11)14-5-2-7(14)10(13)15/h7-9H,1-6,12H2,(H2,13,15). The SMILES string of the molecule is NC(=O)C1CCN1C1CC(N)C12CCC2. The van der Waals surface area contributed by atoms with E-state index in [1.165, 1.54) is 19.3 Å². The first-order valence-electron chi connectivity index (χ1n) is 5.96. The lowest BCUT2D eigenvalue weighted by Crippen LogP contribution is -2.74. The summed E-state index contributed by atoms with van der Waals surface area (Å²) in [5.74, 6) is -0.156. The van der Waals surface area contributed by atoms with E-state index in [1.807, 2.05) is 0 Å². The van der Waals surface area contributed by atoms with Gasteiger partial charge in [-0.2, -0.15) is 0 Å². The molecule has 0 aromatic carbocycles. The van der Waals surface area contributed by atoms with Gasteiger partial charge >= 0.3 is 0 Å². The minimum absolute atomic E-state index is 0.0000231. The molecule has 1 saturated heterocycles. The Bertz CT molecular complexity index is 300. The molecule has 4 heteroatoms. The van der Waals surface area contributed by atoms with Gasteiger partial charge in [-0.1, -0.05) is 6.42 Å². The normalized spacial score (nSPS) is 42.9. The van der Waals surface area contributed by atoms with E-state index >= 15 is 0 Å². The largest absolute Gasteiger partial charge is 0.368 e. The third-order valence-corrected chi connectivity index (χ3v) is 4.95. The molecule has 0 aromatic rings. The molecule has 3 fully saturated rings. The number of nitrogens with zero attached hydrogens (tertiary/aromatic N) is 1. The van der Waals surface area contributed by atoms with Crippen LogP contribution in [-0.4, -0.2) is 35.5 Å². The Hall–Kier alpha value is -0.610. The second-order valence-electron chi connectivity index (χ2n) is 5.39. The van der Waals surface area contributed by atoms with Gasteiger partial charge in [-0.15, -0.1) is 0 Å². The molecule has 3 unspecified atom stereocenters. The van der Waals surface area contributed by atoms with Crippen molar-refractivity contribution in [3.05, 3.63) is 0 Å². The van der Waals surface area contributed by atoms with E-state index in [0.29, 0.717) is 17.5 Å². The molecule has 1 spiro atoms. The van der Waals surface area contributed by atoms with Gasteiger partial charge in [0.2, 0.25) is 5.91 Å². The highest BCUT2D eigenvalue weighted by Crippen LogP contribution is 2.58. The van der Waals surface area contributed by atoms with Crippen LogP contribution in [0.25, 0.3) is 0 Å². The first-order valence-corrected chi connectivity index (χ1v) is 5.96. The second-order valence-corrected chi connectivity index (χ2v) is 5.39. The zero-order valence-corrected chi connectivity index (χ0v) is 8.98. The van der Waals surface area contributed by atoms with Gasteiger partial charge in [0, 0.05) is 24.0 Å². The van der Waals surface area contributed by atoms with Gasteiger partial charge in [0.1, 0.15) is 0 Å². The second kappa shape index (κ2) is 2.95. The smallest absolute Gasteiger partial charge is 0.234 e. The molecule has 0 radical (unpaired) electrons. The van der Waals surface area contributed by atoms with E-state index in [-0.39, 0.29) is 11.9 Å². The lowest BCUT2D eigenvalue weighted by molar-refractivity contribution is -0.156. The molecule has 4 nitrogen and oxygen atoms in total. The summed E-state index contributed by atoms with van der Waals surface area (Å²) in [5, 5.41) is 0. The van der Waals surface area contributed by atoms with Gasteiger partial charge in [-0.25, -0.2) is 0 Å². The van der Waals surface area contributed by atoms with E-state index < -0.39 is 0 Å². The summed E-state index contributed by atoms with van der Waals surface area (Å²) >= 11 is 0. The Labute approximate surface area is 90.0 Å². The number of carbonyl (C=O) groups excluding carboxylic acids is 1. The highest BCUT2D eigenvalue weighted by atomic mass is 16.1. The molecule has 3 aliphatic rings. The summed E-state index contributed by atoms with van der Waals surface area (Å²) in [6.45, 7) is 1.03. The summed E-state index contributed by atoms with van der Waals surface area (Å²) < 4.78 is 0. The van der Waals surface area contributed by atoms with Crippen LogP contribution in [0.2, 0.25) is 0 Å². The predicted molar refractivity (Wildman–Crippen MR) is 57.0 cm³/mol. The van der Waals surface area contributed by atoms with E-state index in [9.17, 15) is 4.79 Å². The van der Waals surface area contributed by atoms with Crippen molar-refractivity contribution in [2.45, 2.75) is 50.2 Å². The van der Waals surface area contributed by atoms with Crippen LogP contribution in [0.15, 0.2) is 0 Å². The molecule has 3 atom stereocenters. The molecular formula is C11H19N3O. The van der Waals surface area contributed by atoms with E-state index in [2.05, 4.69) is 4.90 Å². The molecule has 0 aromatic heterocycles. The topological polar surface area (TPSA) is 72.4 Å². The molecule has 84 valence electrons. The Kier molecular flexibility index (Phi) is 1.89. The zero-order valence-electron chi connectivity index (χ0n) is 8.98. The number of hydrogen-bond donors (Lipinski definition) is 2. The number of nitrogens with two attached hydrogens (primary N) is 2. The lowest BCUT2D eigenvalue weighted by Gasteiger charge is -2.66. The maximum Gasteiger partial charge on any atom is 0.234 e. The molecule has 4 N–H and O–H groups in total. The highest BCUT2D eigenvalue weighted by molar-refractivity contribution is 5.80. The fourth-order valence-corrected chi connectivity index (χ4v) is 3.64. The van der Waals surface area contributed by atoms with Crippen molar-refractivity contribution in [1.82, 2.24) is 4.90 Å². The number of primary amides is 1. The molecule has 3 rings (SSSR count). The van der Waals surface area contributed by atoms with Crippen LogP contribution in [0.1, 0.15) is 32.1 Å². The van der Waals surface area contributed by atoms with Crippen LogP contribution in [-0.2, 0) is 4.79 Å². The number of amides is 1. The van der Waals surface area contributed by atoms with Gasteiger partial charge in [0.25, 0.3) is 0 Å². The van der Waals surface area contributed by atoms with Crippen molar-refractivity contribution in [3.8, 4) is 0 Å². The number of hydrogen-bond acceptors (Lipinski definition) is 3. The van der Waals surface area contributed by atoms with Crippen molar-refractivity contribution in [2.75, 3.05) is 6.54 Å². The summed E-state index contributed by atoms with van der Waals surface area (Å²) in [6, 6.07) is 0.915. The molecular weight excluding hydrogens is 190 g/mol. The summed E-state index contributed by atoms with van der Waals surface area (Å²) in [4.78, 5) is 13.5. The maximum absolute atomic E-state index is 11.2. The average molecular weight is 209 g/mol. The molecule has 0 bridgehead atoms. The molecule has 2 saturated carbocycles. The third-order valence-electron chi connectivity index (χ3n) is 4.95. The zero-order chi connectivity index (χ0) is 10.6. The van der Waals surface area contributed by atoms with Gasteiger partial charge in [0.15, 0.2) is 0 Å². The third kappa shape index (κ3) is 1.06. The van der Waals surface area contributed by atoms with E-state index in [0.717, 1.165) is 19.4 Å². The molecule has 1 aliphatic heterocycles. The van der Waals surface area contributed by atoms with Crippen LogP contribution in [0.4, 0.5) is 0 Å². The Balaban J connectivity index is 1.71. The minimum atomic E-state index is -0.156. The first kappa shape index (κ1) is 9.60. The molecule has 15 heavy (non-hydrogen) atoms.